The van der Waals surface area contributed by atoms with Crippen LogP contribution in [0.2, 0.25) is 0 Å². The van der Waals surface area contributed by atoms with E-state index in [4.69, 9.17) is 0 Å². The maximum atomic E-state index is 12.0. The number of hydrogen-bond acceptors (Lipinski definition) is 5. The van der Waals surface area contributed by atoms with Crippen LogP contribution in [0.4, 0.5) is 0 Å². The minimum atomic E-state index is -2.89. The Bertz CT molecular complexity index is 420. The minimum Gasteiger partial charge on any atom is -0.314 e. The standard InChI is InChI=1S/C18H39N3O2S/c1-5-17(3)7-15-24(22,23)16-9-19-8-10-20-11-13-21(14-12-20)18(4)6-2/h17-19H,5-16H2,1-4H3/t17?,18-/m0/s1. The SMILES string of the molecule is CCC(C)CCS(=O)(=O)CCNCCN1CCN([C@@H](C)CC)CC1. The lowest BCUT2D eigenvalue weighted by Gasteiger charge is -2.37. The van der Waals surface area contributed by atoms with Crippen LogP contribution in [0, 0.1) is 5.92 Å². The van der Waals surface area contributed by atoms with E-state index in [1.165, 1.54) is 6.42 Å². The van der Waals surface area contributed by atoms with Crippen molar-refractivity contribution >= 4 is 9.84 Å². The van der Waals surface area contributed by atoms with E-state index in [1.807, 2.05) is 0 Å². The summed E-state index contributed by atoms with van der Waals surface area (Å²) in [4.78, 5) is 5.04. The Hall–Kier alpha value is -0.170. The number of nitrogens with zero attached hydrogens (tertiary/aromatic N) is 2. The summed E-state index contributed by atoms with van der Waals surface area (Å²) in [5.41, 5.74) is 0. The molecule has 0 aromatic heterocycles. The van der Waals surface area contributed by atoms with Crippen molar-refractivity contribution < 1.29 is 8.42 Å². The zero-order chi connectivity index (χ0) is 18.0. The lowest BCUT2D eigenvalue weighted by atomic mass is 10.1. The van der Waals surface area contributed by atoms with E-state index in [9.17, 15) is 8.42 Å². The van der Waals surface area contributed by atoms with Crippen LogP contribution in [-0.4, -0.2) is 81.6 Å². The maximum absolute atomic E-state index is 12.0. The van der Waals surface area contributed by atoms with Gasteiger partial charge in [-0.15, -0.1) is 0 Å². The van der Waals surface area contributed by atoms with E-state index < -0.39 is 9.84 Å². The summed E-state index contributed by atoms with van der Waals surface area (Å²) in [6.45, 7) is 15.8. The molecular formula is C18H39N3O2S. The Morgan fingerprint density at radius 1 is 0.958 bits per heavy atom. The topological polar surface area (TPSA) is 52.7 Å². The summed E-state index contributed by atoms with van der Waals surface area (Å²) in [7, 11) is -2.89. The molecule has 5 nitrogen and oxygen atoms in total. The normalized spacial score (nSPS) is 20.2. The number of nitrogens with one attached hydrogen (secondary N) is 1. The molecule has 1 rings (SSSR count). The van der Waals surface area contributed by atoms with Crippen molar-refractivity contribution in [3.05, 3.63) is 0 Å². The first kappa shape index (κ1) is 21.9. The second-order valence-corrected chi connectivity index (χ2v) is 9.64. The van der Waals surface area contributed by atoms with Crippen LogP contribution in [0.1, 0.15) is 47.0 Å². The van der Waals surface area contributed by atoms with Gasteiger partial charge in [0.25, 0.3) is 0 Å². The first-order valence-electron chi connectivity index (χ1n) is 9.75. The molecule has 2 atom stereocenters. The first-order valence-corrected chi connectivity index (χ1v) is 11.6. The minimum absolute atomic E-state index is 0.269. The van der Waals surface area contributed by atoms with Crippen LogP contribution in [0.5, 0.6) is 0 Å². The molecule has 24 heavy (non-hydrogen) atoms. The Labute approximate surface area is 150 Å². The van der Waals surface area contributed by atoms with E-state index in [-0.39, 0.29) is 5.75 Å². The van der Waals surface area contributed by atoms with Gasteiger partial charge in [-0.25, -0.2) is 8.42 Å². The summed E-state index contributed by atoms with van der Waals surface area (Å²) >= 11 is 0. The summed E-state index contributed by atoms with van der Waals surface area (Å²) in [6, 6.07) is 0.686. The lowest BCUT2D eigenvalue weighted by Crippen LogP contribution is -2.50. The molecule has 144 valence electrons. The van der Waals surface area contributed by atoms with Gasteiger partial charge in [0.15, 0.2) is 9.84 Å². The predicted octanol–water partition coefficient (Wildman–Crippen LogP) is 1.84. The van der Waals surface area contributed by atoms with Gasteiger partial charge in [-0.1, -0.05) is 27.2 Å². The number of piperazine rings is 1. The predicted molar refractivity (Wildman–Crippen MR) is 103 cm³/mol. The van der Waals surface area contributed by atoms with Gasteiger partial charge in [0.05, 0.1) is 11.5 Å². The summed E-state index contributed by atoms with van der Waals surface area (Å²) in [5.74, 6) is 1.11. The molecule has 0 radical (unpaired) electrons. The van der Waals surface area contributed by atoms with E-state index >= 15 is 0 Å². The van der Waals surface area contributed by atoms with Gasteiger partial charge in [-0.3, -0.25) is 9.80 Å². The molecule has 1 unspecified atom stereocenters. The molecule has 0 aliphatic carbocycles. The first-order chi connectivity index (χ1) is 11.4. The van der Waals surface area contributed by atoms with E-state index in [1.54, 1.807) is 0 Å². The molecule has 1 N–H and O–H groups in total. The van der Waals surface area contributed by atoms with Crippen LogP contribution in [0.3, 0.4) is 0 Å². The Morgan fingerprint density at radius 2 is 1.62 bits per heavy atom. The van der Waals surface area contributed by atoms with Crippen LogP contribution in [0.25, 0.3) is 0 Å². The van der Waals surface area contributed by atoms with Crippen molar-refractivity contribution in [2.24, 2.45) is 5.92 Å². The van der Waals surface area contributed by atoms with Crippen molar-refractivity contribution in [1.29, 1.82) is 0 Å². The highest BCUT2D eigenvalue weighted by molar-refractivity contribution is 7.91. The zero-order valence-corrected chi connectivity index (χ0v) is 17.1. The molecule has 1 aliphatic rings. The van der Waals surface area contributed by atoms with Crippen LogP contribution in [0.15, 0.2) is 0 Å². The molecule has 0 spiro atoms. The largest absolute Gasteiger partial charge is 0.314 e. The second-order valence-electron chi connectivity index (χ2n) is 7.34. The molecule has 1 heterocycles. The van der Waals surface area contributed by atoms with E-state index in [0.29, 0.717) is 24.3 Å². The number of rotatable bonds is 12. The zero-order valence-electron chi connectivity index (χ0n) is 16.3. The van der Waals surface area contributed by atoms with Crippen molar-refractivity contribution in [1.82, 2.24) is 15.1 Å². The fraction of sp³-hybridized carbons (Fsp3) is 1.00. The van der Waals surface area contributed by atoms with Gasteiger partial charge in [-0.2, -0.15) is 0 Å². The molecule has 1 fully saturated rings. The molecule has 6 heteroatoms. The third-order valence-corrected chi connectivity index (χ3v) is 7.12. The molecule has 0 saturated carbocycles. The molecule has 0 aromatic rings. The van der Waals surface area contributed by atoms with Gasteiger partial charge in [0.2, 0.25) is 0 Å². The van der Waals surface area contributed by atoms with Crippen LogP contribution >= 0.6 is 0 Å². The Kier molecular flexibility index (Phi) is 10.4. The highest BCUT2D eigenvalue weighted by Gasteiger charge is 2.19. The summed E-state index contributed by atoms with van der Waals surface area (Å²) in [6.07, 6.45) is 3.06. The average molecular weight is 362 g/mol. The van der Waals surface area contributed by atoms with Crippen molar-refractivity contribution in [2.75, 3.05) is 57.3 Å². The second kappa shape index (κ2) is 11.4. The number of hydrogen-bond donors (Lipinski definition) is 1. The van der Waals surface area contributed by atoms with E-state index in [2.05, 4.69) is 42.8 Å². The quantitative estimate of drug-likeness (QED) is 0.538. The van der Waals surface area contributed by atoms with Gasteiger partial charge in [0.1, 0.15) is 0 Å². The maximum Gasteiger partial charge on any atom is 0.151 e. The molecular weight excluding hydrogens is 322 g/mol. The van der Waals surface area contributed by atoms with Gasteiger partial charge < -0.3 is 5.32 Å². The average Bonchev–Trinajstić information content (AvgIpc) is 2.59. The molecule has 0 amide bonds. The monoisotopic (exact) mass is 361 g/mol. The van der Waals surface area contributed by atoms with Crippen LogP contribution < -0.4 is 5.32 Å². The molecule has 1 aliphatic heterocycles. The molecule has 0 aromatic carbocycles. The highest BCUT2D eigenvalue weighted by Crippen LogP contribution is 2.09. The van der Waals surface area contributed by atoms with Crippen molar-refractivity contribution in [3.63, 3.8) is 0 Å². The third-order valence-electron chi connectivity index (χ3n) is 5.43. The fourth-order valence-electron chi connectivity index (χ4n) is 2.96. The van der Waals surface area contributed by atoms with Crippen molar-refractivity contribution in [3.8, 4) is 0 Å². The van der Waals surface area contributed by atoms with Crippen molar-refractivity contribution in [2.45, 2.75) is 53.0 Å². The highest BCUT2D eigenvalue weighted by atomic mass is 32.2. The van der Waals surface area contributed by atoms with Gasteiger partial charge in [-0.05, 0) is 25.7 Å². The number of sulfone groups is 1. The summed E-state index contributed by atoms with van der Waals surface area (Å²) < 4.78 is 24.0. The van der Waals surface area contributed by atoms with Gasteiger partial charge >= 0.3 is 0 Å². The van der Waals surface area contributed by atoms with Crippen LogP contribution in [-0.2, 0) is 9.84 Å². The van der Waals surface area contributed by atoms with Gasteiger partial charge in [0, 0.05) is 51.9 Å². The molecule has 1 saturated heterocycles. The summed E-state index contributed by atoms with van der Waals surface area (Å²) in [5, 5.41) is 3.30. The Morgan fingerprint density at radius 3 is 2.21 bits per heavy atom. The third kappa shape index (κ3) is 8.79. The lowest BCUT2D eigenvalue weighted by molar-refractivity contribution is 0.101. The Balaban J connectivity index is 2.08. The molecule has 0 bridgehead atoms. The fourth-order valence-corrected chi connectivity index (χ4v) is 4.38. The smallest absolute Gasteiger partial charge is 0.151 e. The van der Waals surface area contributed by atoms with E-state index in [0.717, 1.165) is 52.1 Å².